The van der Waals surface area contributed by atoms with Crippen molar-refractivity contribution >= 4 is 0 Å². The van der Waals surface area contributed by atoms with Crippen LogP contribution in [0.5, 0.6) is 0 Å². The number of rotatable bonds is 4. The Labute approximate surface area is 129 Å². The Morgan fingerprint density at radius 3 is 2.48 bits per heavy atom. The molecule has 1 aliphatic heterocycles. The second kappa shape index (κ2) is 6.10. The first-order valence-electron chi connectivity index (χ1n) is 8.67. The molecule has 2 N–H and O–H groups in total. The Kier molecular flexibility index (Phi) is 4.37. The molecular formula is C19H30N2. The molecule has 1 fully saturated rings. The SMILES string of the molecule is CC(C)(C(N)CC1Cc2ccccc21)N1CCCCCC1. The lowest BCUT2D eigenvalue weighted by Crippen LogP contribution is -2.57. The Hall–Kier alpha value is -0.860. The van der Waals surface area contributed by atoms with Gasteiger partial charge in [-0.3, -0.25) is 4.90 Å². The number of fused-ring (bicyclic) bond motifs is 1. The third-order valence-electron chi connectivity index (χ3n) is 5.83. The zero-order valence-corrected chi connectivity index (χ0v) is 13.6. The molecule has 116 valence electrons. The lowest BCUT2D eigenvalue weighted by atomic mass is 9.72. The molecular weight excluding hydrogens is 256 g/mol. The Bertz CT molecular complexity index is 472. The number of nitrogens with two attached hydrogens (primary N) is 1. The van der Waals surface area contributed by atoms with Crippen molar-refractivity contribution in [3.63, 3.8) is 0 Å². The van der Waals surface area contributed by atoms with Crippen LogP contribution in [0.2, 0.25) is 0 Å². The highest BCUT2D eigenvalue weighted by Gasteiger charge is 2.37. The monoisotopic (exact) mass is 286 g/mol. The van der Waals surface area contributed by atoms with E-state index in [0.717, 1.165) is 6.42 Å². The van der Waals surface area contributed by atoms with Crippen molar-refractivity contribution in [2.75, 3.05) is 13.1 Å². The number of hydrogen-bond acceptors (Lipinski definition) is 2. The molecule has 0 bridgehead atoms. The van der Waals surface area contributed by atoms with Gasteiger partial charge in [-0.25, -0.2) is 0 Å². The average Bonchev–Trinajstić information content (AvgIpc) is 2.74. The average molecular weight is 286 g/mol. The van der Waals surface area contributed by atoms with Crippen molar-refractivity contribution in [2.24, 2.45) is 5.73 Å². The number of benzene rings is 1. The summed E-state index contributed by atoms with van der Waals surface area (Å²) in [6.07, 6.45) is 7.79. The summed E-state index contributed by atoms with van der Waals surface area (Å²) >= 11 is 0. The number of hydrogen-bond donors (Lipinski definition) is 1. The molecule has 2 atom stereocenters. The molecule has 1 heterocycles. The quantitative estimate of drug-likeness (QED) is 0.914. The lowest BCUT2D eigenvalue weighted by Gasteiger charge is -2.44. The van der Waals surface area contributed by atoms with Gasteiger partial charge in [0.2, 0.25) is 0 Å². The minimum atomic E-state index is 0.120. The van der Waals surface area contributed by atoms with E-state index in [4.69, 9.17) is 5.73 Å². The maximum atomic E-state index is 6.66. The Morgan fingerprint density at radius 1 is 1.14 bits per heavy atom. The van der Waals surface area contributed by atoms with E-state index in [1.807, 2.05) is 0 Å². The van der Waals surface area contributed by atoms with Crippen molar-refractivity contribution in [1.82, 2.24) is 4.90 Å². The second-order valence-electron chi connectivity index (χ2n) is 7.50. The molecule has 2 unspecified atom stereocenters. The van der Waals surface area contributed by atoms with Crippen LogP contribution in [0.3, 0.4) is 0 Å². The molecule has 1 aromatic rings. The van der Waals surface area contributed by atoms with E-state index >= 15 is 0 Å². The molecule has 1 aromatic carbocycles. The summed E-state index contributed by atoms with van der Waals surface area (Å²) in [5, 5.41) is 0. The standard InChI is InChI=1S/C19H30N2/c1-19(2,21-11-7-3-4-8-12-21)18(20)14-16-13-15-9-5-6-10-17(15)16/h5-6,9-10,16,18H,3-4,7-8,11-14,20H2,1-2H3. The van der Waals surface area contributed by atoms with E-state index in [2.05, 4.69) is 43.0 Å². The van der Waals surface area contributed by atoms with Gasteiger partial charge in [-0.2, -0.15) is 0 Å². The molecule has 0 saturated carbocycles. The van der Waals surface area contributed by atoms with E-state index in [1.54, 1.807) is 5.56 Å². The fourth-order valence-corrected chi connectivity index (χ4v) is 4.05. The van der Waals surface area contributed by atoms with Crippen LogP contribution in [0.25, 0.3) is 0 Å². The van der Waals surface area contributed by atoms with Gasteiger partial charge in [0.15, 0.2) is 0 Å². The number of likely N-dealkylation sites (tertiary alicyclic amines) is 1. The molecule has 1 saturated heterocycles. The molecule has 0 spiro atoms. The molecule has 21 heavy (non-hydrogen) atoms. The normalized spacial score (nSPS) is 24.8. The van der Waals surface area contributed by atoms with E-state index in [9.17, 15) is 0 Å². The van der Waals surface area contributed by atoms with Gasteiger partial charge in [0.25, 0.3) is 0 Å². The molecule has 3 rings (SSSR count). The highest BCUT2D eigenvalue weighted by Crippen LogP contribution is 2.39. The van der Waals surface area contributed by atoms with Crippen LogP contribution in [-0.4, -0.2) is 29.6 Å². The molecule has 0 aromatic heterocycles. The lowest BCUT2D eigenvalue weighted by molar-refractivity contribution is 0.0911. The molecule has 0 amide bonds. The maximum absolute atomic E-state index is 6.66. The maximum Gasteiger partial charge on any atom is 0.0304 e. The van der Waals surface area contributed by atoms with Crippen LogP contribution < -0.4 is 5.73 Å². The van der Waals surface area contributed by atoms with Crippen LogP contribution >= 0.6 is 0 Å². The van der Waals surface area contributed by atoms with E-state index in [1.165, 1.54) is 50.8 Å². The predicted octanol–water partition coefficient (Wildman–Crippen LogP) is 3.70. The first-order valence-corrected chi connectivity index (χ1v) is 8.67. The van der Waals surface area contributed by atoms with E-state index in [-0.39, 0.29) is 11.6 Å². The first kappa shape index (κ1) is 15.1. The predicted molar refractivity (Wildman–Crippen MR) is 89.6 cm³/mol. The van der Waals surface area contributed by atoms with Crippen LogP contribution in [0.4, 0.5) is 0 Å². The molecule has 2 heteroatoms. The van der Waals surface area contributed by atoms with Crippen LogP contribution in [-0.2, 0) is 6.42 Å². The van der Waals surface area contributed by atoms with Gasteiger partial charge in [-0.15, -0.1) is 0 Å². The zero-order valence-electron chi connectivity index (χ0n) is 13.6. The topological polar surface area (TPSA) is 29.3 Å². The highest BCUT2D eigenvalue weighted by molar-refractivity contribution is 5.40. The Morgan fingerprint density at radius 2 is 1.81 bits per heavy atom. The fraction of sp³-hybridized carbons (Fsp3) is 0.684. The van der Waals surface area contributed by atoms with Crippen molar-refractivity contribution in [1.29, 1.82) is 0 Å². The second-order valence-corrected chi connectivity index (χ2v) is 7.50. The smallest absolute Gasteiger partial charge is 0.0304 e. The van der Waals surface area contributed by atoms with Crippen molar-refractivity contribution in [2.45, 2.75) is 69.9 Å². The summed E-state index contributed by atoms with van der Waals surface area (Å²) < 4.78 is 0. The van der Waals surface area contributed by atoms with Crippen LogP contribution in [0.1, 0.15) is 63.0 Å². The van der Waals surface area contributed by atoms with Gasteiger partial charge in [0.05, 0.1) is 0 Å². The first-order chi connectivity index (χ1) is 10.1. The highest BCUT2D eigenvalue weighted by atomic mass is 15.2. The Balaban J connectivity index is 1.63. The largest absolute Gasteiger partial charge is 0.326 e. The minimum Gasteiger partial charge on any atom is -0.326 e. The molecule has 1 aliphatic carbocycles. The van der Waals surface area contributed by atoms with Gasteiger partial charge in [-0.1, -0.05) is 37.1 Å². The number of nitrogens with zero attached hydrogens (tertiary/aromatic N) is 1. The van der Waals surface area contributed by atoms with E-state index in [0.29, 0.717) is 5.92 Å². The van der Waals surface area contributed by atoms with Gasteiger partial charge < -0.3 is 5.73 Å². The summed E-state index contributed by atoms with van der Waals surface area (Å²) in [5.74, 6) is 0.683. The molecule has 0 radical (unpaired) electrons. The van der Waals surface area contributed by atoms with Crippen molar-refractivity contribution in [3.05, 3.63) is 35.4 Å². The summed E-state index contributed by atoms with van der Waals surface area (Å²) in [5.41, 5.74) is 9.85. The van der Waals surface area contributed by atoms with Crippen molar-refractivity contribution < 1.29 is 0 Å². The third-order valence-corrected chi connectivity index (χ3v) is 5.83. The molecule has 2 aliphatic rings. The van der Waals surface area contributed by atoms with Gasteiger partial charge in [-0.05, 0) is 69.7 Å². The minimum absolute atomic E-state index is 0.120. The molecule has 2 nitrogen and oxygen atoms in total. The van der Waals surface area contributed by atoms with Gasteiger partial charge in [0, 0.05) is 11.6 Å². The fourth-order valence-electron chi connectivity index (χ4n) is 4.05. The van der Waals surface area contributed by atoms with Crippen molar-refractivity contribution in [3.8, 4) is 0 Å². The van der Waals surface area contributed by atoms with Crippen LogP contribution in [0, 0.1) is 0 Å². The summed E-state index contributed by atoms with van der Waals surface area (Å²) in [6, 6.07) is 9.12. The van der Waals surface area contributed by atoms with Gasteiger partial charge >= 0.3 is 0 Å². The summed E-state index contributed by atoms with van der Waals surface area (Å²) in [6.45, 7) is 7.16. The summed E-state index contributed by atoms with van der Waals surface area (Å²) in [7, 11) is 0. The summed E-state index contributed by atoms with van der Waals surface area (Å²) in [4.78, 5) is 2.65. The third kappa shape index (κ3) is 3.02. The zero-order chi connectivity index (χ0) is 14.9. The van der Waals surface area contributed by atoms with Crippen LogP contribution in [0.15, 0.2) is 24.3 Å². The van der Waals surface area contributed by atoms with Gasteiger partial charge in [0.1, 0.15) is 0 Å². The van der Waals surface area contributed by atoms with E-state index < -0.39 is 0 Å².